The second-order valence-corrected chi connectivity index (χ2v) is 48.5. The second kappa shape index (κ2) is 41.4. The molecule has 13 heterocycles. The van der Waals surface area contributed by atoms with E-state index in [-0.39, 0.29) is 0 Å². The van der Waals surface area contributed by atoms with Gasteiger partial charge in [-0.15, -0.1) is 11.3 Å². The van der Waals surface area contributed by atoms with E-state index < -0.39 is 75.4 Å². The molecule has 0 unspecified atom stereocenters. The summed E-state index contributed by atoms with van der Waals surface area (Å²) >= 11 is 3.34. The van der Waals surface area contributed by atoms with Gasteiger partial charge in [0.1, 0.15) is 39.1 Å². The summed E-state index contributed by atoms with van der Waals surface area (Å²) in [5.74, 6) is 2.09. The van der Waals surface area contributed by atoms with Gasteiger partial charge in [0.15, 0.2) is 77.4 Å². The molecule has 7 aromatic carbocycles. The summed E-state index contributed by atoms with van der Waals surface area (Å²) in [7, 11) is -11.6. The van der Waals surface area contributed by atoms with Crippen molar-refractivity contribution in [1.82, 2.24) is 79.7 Å². The summed E-state index contributed by atoms with van der Waals surface area (Å²) in [6, 6.07) is 55.3. The van der Waals surface area contributed by atoms with Crippen LogP contribution in [0.3, 0.4) is 0 Å². The van der Waals surface area contributed by atoms with Crippen LogP contribution in [-0.4, -0.2) is 169 Å². The average Bonchev–Trinajstić information content (AvgIpc) is 1.67. The van der Waals surface area contributed by atoms with Gasteiger partial charge in [0.25, 0.3) is 0 Å². The fourth-order valence-corrected chi connectivity index (χ4v) is 22.2. The highest BCUT2D eigenvalue weighted by Crippen LogP contribution is 2.40. The molecule has 141 heavy (non-hydrogen) atoms. The van der Waals surface area contributed by atoms with Crippen molar-refractivity contribution >= 4 is 128 Å². The van der Waals surface area contributed by atoms with Crippen LogP contribution in [0.5, 0.6) is 17.4 Å². The van der Waals surface area contributed by atoms with Crippen molar-refractivity contribution in [3.8, 4) is 129 Å². The van der Waals surface area contributed by atoms with Crippen LogP contribution in [0, 0.1) is 13.8 Å². The molecule has 5 N–H and O–H groups in total. The predicted molar refractivity (Wildman–Crippen MR) is 558 cm³/mol. The fourth-order valence-electron chi connectivity index (χ4n) is 15.1. The molecule has 720 valence electrons. The number of fused-ring (bicyclic) bond motifs is 5. The Labute approximate surface area is 824 Å². The van der Waals surface area contributed by atoms with Crippen molar-refractivity contribution in [3.05, 3.63) is 283 Å². The number of nitrogens with zero attached hydrogens (tertiary/aromatic N) is 11. The van der Waals surface area contributed by atoms with Crippen LogP contribution in [0.2, 0.25) is 0 Å². The average molecular weight is 2020 g/mol. The number of H-pyrrole nitrogens is 5. The molecule has 0 saturated carbocycles. The van der Waals surface area contributed by atoms with E-state index in [1.807, 2.05) is 85.6 Å². The molecule has 0 atom stereocenters. The van der Waals surface area contributed by atoms with Gasteiger partial charge < -0.3 is 39.1 Å². The maximum Gasteiger partial charge on any atom is 0.212 e. The van der Waals surface area contributed by atoms with E-state index in [0.717, 1.165) is 123 Å². The number of thiophene rings is 2. The standard InChI is InChI=1S/2C22H21N3O3S.C21H20N4O3S.2C20H19N3O2S2/c1-14(2)29(26,27)18-10-6-16(7-11-18)20-13-24-22-21(25-20)19(12-23-22)15-4-8-17(28-3)9-5-15;1-14(2)29(26,27)18-9-7-15(8-10-18)20-13-24-22-21(25-20)19(12-23-22)16-5-4-6-17(11-16)28-3;1-13(2)29(26,27)16-7-4-14(5-8-16)18-12-24-21-20(25-18)17(11-23-21)15-6-9-19(28-3)22-10-15;1-12(2)27(24,25)15-6-4-14(5-7-15)18-9-22-20-19(23-18)16(8-21-20)17-11-26-10-13(17)3;1-12(2)27(24,25)15-6-4-14(5-7-15)17-11-22-20-18(23-17)16(10-21-20)19-13(3)8-9-26-19/h2*4-14H,1-3H3,(H,23,24);4-13H,1-3H3,(H,23,24);2*4-12H,1-3H3,(H,21,22). The summed E-state index contributed by atoms with van der Waals surface area (Å²) in [6.07, 6.45) is 19.6. The third kappa shape index (κ3) is 21.0. The Morgan fingerprint density at radius 1 is 0.277 bits per heavy atom. The van der Waals surface area contributed by atoms with Gasteiger partial charge in [-0.25, -0.2) is 96.9 Å². The zero-order valence-electron chi connectivity index (χ0n) is 79.5. The van der Waals surface area contributed by atoms with Crippen LogP contribution >= 0.6 is 22.7 Å². The van der Waals surface area contributed by atoms with Gasteiger partial charge in [0.05, 0.1) is 132 Å². The number of hydrogen-bond donors (Lipinski definition) is 5. The number of hydrogen-bond acceptors (Lipinski definition) is 26. The van der Waals surface area contributed by atoms with Crippen LogP contribution in [0.1, 0.15) is 80.4 Å². The number of nitrogens with one attached hydrogen (secondary N) is 5. The molecular weight excluding hydrogens is 1920 g/mol. The first-order valence-electron chi connectivity index (χ1n) is 44.7. The van der Waals surface area contributed by atoms with E-state index in [2.05, 4.69) is 90.9 Å². The molecule has 0 radical (unpaired) electrons. The van der Waals surface area contributed by atoms with Gasteiger partial charge in [0, 0.05) is 109 Å². The summed E-state index contributed by atoms with van der Waals surface area (Å²) in [4.78, 5) is 69.0. The highest BCUT2D eigenvalue weighted by molar-refractivity contribution is 7.93. The lowest BCUT2D eigenvalue weighted by Crippen LogP contribution is -2.13. The predicted octanol–water partition coefficient (Wildman–Crippen LogP) is 22.5. The Kier molecular flexibility index (Phi) is 29.2. The SMILES string of the molecule is COc1ccc(-c2c[nH]c3ncc(-c4ccc(S(=O)(=O)C(C)C)cc4)nc23)cc1.COc1ccc(-c2c[nH]c3ncc(-c4ccc(S(=O)(=O)C(C)C)cc4)nc23)cn1.COc1cccc(-c2c[nH]c3ncc(-c4ccc(S(=O)(=O)C(C)C)cc4)nc23)c1.Cc1ccsc1-c1c[nH]c2ncc(-c3ccc(S(=O)(=O)C(C)C)cc3)nc12.Cc1cscc1-c1c[nH]c2ncc(-c3ccc(S(=O)(=O)C(C)C)cc3)nc12. The Hall–Kier alpha value is -14.7. The molecular formula is C105H100N16O13S7. The van der Waals surface area contributed by atoms with Gasteiger partial charge >= 0.3 is 0 Å². The summed E-state index contributed by atoms with van der Waals surface area (Å²) < 4.78 is 139. The van der Waals surface area contributed by atoms with Crippen LogP contribution in [0.15, 0.2) is 297 Å². The molecule has 0 amide bonds. The minimum Gasteiger partial charge on any atom is -0.497 e. The lowest BCUT2D eigenvalue weighted by molar-refractivity contribution is 0.398. The van der Waals surface area contributed by atoms with Crippen LogP contribution < -0.4 is 14.2 Å². The zero-order chi connectivity index (χ0) is 100. The molecule has 0 aliphatic carbocycles. The molecule has 0 fully saturated rings. The van der Waals surface area contributed by atoms with E-state index in [1.165, 1.54) is 16.0 Å². The number of aromatic nitrogens is 16. The molecule has 0 aliphatic rings. The van der Waals surface area contributed by atoms with Crippen LogP contribution in [0.25, 0.3) is 167 Å². The number of benzene rings is 7. The summed E-state index contributed by atoms with van der Waals surface area (Å²) in [6.45, 7) is 20.9. The van der Waals surface area contributed by atoms with Crippen molar-refractivity contribution in [2.24, 2.45) is 0 Å². The maximum absolute atomic E-state index is 12.3. The number of ether oxygens (including phenoxy) is 3. The van der Waals surface area contributed by atoms with Crippen molar-refractivity contribution in [3.63, 3.8) is 0 Å². The van der Waals surface area contributed by atoms with Gasteiger partial charge in [0.2, 0.25) is 5.88 Å². The van der Waals surface area contributed by atoms with Crippen molar-refractivity contribution in [1.29, 1.82) is 0 Å². The highest BCUT2D eigenvalue weighted by Gasteiger charge is 2.27. The van der Waals surface area contributed by atoms with Crippen LogP contribution in [0.4, 0.5) is 0 Å². The largest absolute Gasteiger partial charge is 0.497 e. The number of sulfone groups is 5. The third-order valence-corrected chi connectivity index (χ3v) is 36.5. The molecule has 0 bridgehead atoms. The number of methoxy groups -OCH3 is 3. The van der Waals surface area contributed by atoms with E-state index in [1.54, 1.807) is 278 Å². The number of aryl methyl sites for hydroxylation is 2. The normalized spacial score (nSPS) is 12.0. The number of pyridine rings is 1. The Morgan fingerprint density at radius 2 is 0.582 bits per heavy atom. The second-order valence-electron chi connectivity index (χ2n) is 34.3. The molecule has 29 nitrogen and oxygen atoms in total. The number of aromatic amines is 5. The molecule has 0 aliphatic heterocycles. The molecule has 13 aromatic heterocycles. The van der Waals surface area contributed by atoms with Crippen LogP contribution in [-0.2, 0) is 49.2 Å². The smallest absolute Gasteiger partial charge is 0.212 e. The first-order valence-corrected chi connectivity index (χ1v) is 54.3. The highest BCUT2D eigenvalue weighted by atomic mass is 32.2. The first kappa shape index (κ1) is 99.4. The quantitative estimate of drug-likeness (QED) is 0.0397. The Balaban J connectivity index is 0.000000127. The summed E-state index contributed by atoms with van der Waals surface area (Å²) in [5.41, 5.74) is 26.1. The monoisotopic (exact) mass is 2020 g/mol. The maximum atomic E-state index is 12.3. The van der Waals surface area contributed by atoms with E-state index in [0.29, 0.717) is 81.3 Å². The van der Waals surface area contributed by atoms with Gasteiger partial charge in [-0.3, -0.25) is 0 Å². The number of rotatable bonds is 23. The van der Waals surface area contributed by atoms with Gasteiger partial charge in [-0.2, -0.15) is 11.3 Å². The molecule has 0 saturated heterocycles. The fraction of sp³-hybridized carbons (Fsp3) is 0.190. The van der Waals surface area contributed by atoms with Gasteiger partial charge in [-0.1, -0.05) is 84.9 Å². The summed E-state index contributed by atoms with van der Waals surface area (Å²) in [5, 5.41) is 3.99. The van der Waals surface area contributed by atoms with Crippen molar-refractivity contribution < 1.29 is 56.3 Å². The minimum atomic E-state index is -3.31. The lowest BCUT2D eigenvalue weighted by Gasteiger charge is -2.08. The third-order valence-electron chi connectivity index (χ3n) is 23.7. The molecule has 0 spiro atoms. The Bertz CT molecular complexity index is 8160. The topological polar surface area (TPSA) is 419 Å². The minimum absolute atomic E-state index is 0.303. The first-order chi connectivity index (χ1) is 67.4. The van der Waals surface area contributed by atoms with E-state index in [4.69, 9.17) is 39.1 Å². The molecule has 20 rings (SSSR count). The zero-order valence-corrected chi connectivity index (χ0v) is 85.2. The Morgan fingerprint density at radius 3 is 0.879 bits per heavy atom. The van der Waals surface area contributed by atoms with Gasteiger partial charge in [-0.05, 0) is 224 Å². The lowest BCUT2D eigenvalue weighted by atomic mass is 10.1. The molecule has 36 heteroatoms. The van der Waals surface area contributed by atoms with Crippen molar-refractivity contribution in [2.45, 2.75) is 134 Å². The van der Waals surface area contributed by atoms with Crippen molar-refractivity contribution in [2.75, 3.05) is 21.3 Å². The van der Waals surface area contributed by atoms with E-state index >= 15 is 0 Å². The molecule has 20 aromatic rings. The van der Waals surface area contributed by atoms with E-state index in [9.17, 15) is 42.1 Å².